The SMILES string of the molecule is CC(C)C1C2C=C(c3ccc(Cl)cc3)CC21. The van der Waals surface area contributed by atoms with E-state index in [4.69, 9.17) is 11.6 Å². The Hall–Kier alpha value is -0.750. The number of fused-ring (bicyclic) bond motifs is 1. The Balaban J connectivity index is 1.78. The minimum atomic E-state index is 0.826. The molecule has 1 aromatic rings. The summed E-state index contributed by atoms with van der Waals surface area (Å²) in [7, 11) is 0. The van der Waals surface area contributed by atoms with Crippen molar-refractivity contribution in [2.45, 2.75) is 20.3 Å². The van der Waals surface area contributed by atoms with Crippen molar-refractivity contribution in [2.75, 3.05) is 0 Å². The average Bonchev–Trinajstić information content (AvgIpc) is 2.77. The molecular formula is C15H17Cl. The van der Waals surface area contributed by atoms with Gasteiger partial charge in [0.2, 0.25) is 0 Å². The Morgan fingerprint density at radius 2 is 1.88 bits per heavy atom. The molecule has 3 rings (SSSR count). The van der Waals surface area contributed by atoms with Gasteiger partial charge in [0, 0.05) is 5.02 Å². The van der Waals surface area contributed by atoms with Crippen LogP contribution in [0.4, 0.5) is 0 Å². The summed E-state index contributed by atoms with van der Waals surface area (Å²) in [5.74, 6) is 3.60. The lowest BCUT2D eigenvalue weighted by Gasteiger charge is -2.09. The Morgan fingerprint density at radius 1 is 1.19 bits per heavy atom. The lowest BCUT2D eigenvalue weighted by molar-refractivity contribution is 0.509. The highest BCUT2D eigenvalue weighted by Gasteiger charge is 2.53. The summed E-state index contributed by atoms with van der Waals surface area (Å²) in [5, 5.41) is 0.826. The van der Waals surface area contributed by atoms with Gasteiger partial charge in [-0.15, -0.1) is 0 Å². The van der Waals surface area contributed by atoms with E-state index in [-0.39, 0.29) is 0 Å². The van der Waals surface area contributed by atoms with Crippen molar-refractivity contribution < 1.29 is 0 Å². The fraction of sp³-hybridized carbons (Fsp3) is 0.467. The van der Waals surface area contributed by atoms with Crippen molar-refractivity contribution in [1.29, 1.82) is 0 Å². The number of halogens is 1. The molecular weight excluding hydrogens is 216 g/mol. The standard InChI is InChI=1S/C15H17Cl/c1-9(2)15-13-7-11(8-14(13)15)10-3-5-12(16)6-4-10/h3-7,9,13-15H,8H2,1-2H3. The van der Waals surface area contributed by atoms with Crippen molar-refractivity contribution >= 4 is 17.2 Å². The number of allylic oxidation sites excluding steroid dienone is 2. The van der Waals surface area contributed by atoms with E-state index in [0.29, 0.717) is 0 Å². The van der Waals surface area contributed by atoms with E-state index >= 15 is 0 Å². The van der Waals surface area contributed by atoms with Crippen LogP contribution in [0.15, 0.2) is 30.3 Å². The van der Waals surface area contributed by atoms with Gasteiger partial charge in [-0.3, -0.25) is 0 Å². The molecule has 2 aliphatic rings. The second-order valence-electron chi connectivity index (χ2n) is 5.47. The van der Waals surface area contributed by atoms with Crippen LogP contribution in [0.3, 0.4) is 0 Å². The lowest BCUT2D eigenvalue weighted by atomic mass is 9.97. The van der Waals surface area contributed by atoms with Gasteiger partial charge in [0.15, 0.2) is 0 Å². The van der Waals surface area contributed by atoms with E-state index in [1.54, 1.807) is 0 Å². The van der Waals surface area contributed by atoms with Crippen LogP contribution >= 0.6 is 11.6 Å². The number of benzene rings is 1. The third-order valence-corrected chi connectivity index (χ3v) is 4.38. The van der Waals surface area contributed by atoms with Gasteiger partial charge in [-0.25, -0.2) is 0 Å². The summed E-state index contributed by atoms with van der Waals surface area (Å²) in [6.45, 7) is 4.69. The van der Waals surface area contributed by atoms with E-state index < -0.39 is 0 Å². The van der Waals surface area contributed by atoms with Gasteiger partial charge in [-0.1, -0.05) is 43.7 Å². The first-order chi connectivity index (χ1) is 7.66. The zero-order valence-corrected chi connectivity index (χ0v) is 10.5. The highest BCUT2D eigenvalue weighted by Crippen LogP contribution is 2.60. The quantitative estimate of drug-likeness (QED) is 0.697. The third kappa shape index (κ3) is 1.60. The van der Waals surface area contributed by atoms with E-state index in [9.17, 15) is 0 Å². The molecule has 1 heteroatoms. The second kappa shape index (κ2) is 3.63. The maximum atomic E-state index is 5.90. The molecule has 16 heavy (non-hydrogen) atoms. The predicted molar refractivity (Wildman–Crippen MR) is 69.4 cm³/mol. The number of hydrogen-bond acceptors (Lipinski definition) is 0. The molecule has 0 spiro atoms. The topological polar surface area (TPSA) is 0 Å². The first kappa shape index (κ1) is 10.4. The summed E-state index contributed by atoms with van der Waals surface area (Å²) in [6.07, 6.45) is 3.77. The minimum absolute atomic E-state index is 0.826. The van der Waals surface area contributed by atoms with Gasteiger partial charge >= 0.3 is 0 Å². The summed E-state index contributed by atoms with van der Waals surface area (Å²) in [4.78, 5) is 0. The van der Waals surface area contributed by atoms with Gasteiger partial charge in [0.1, 0.15) is 0 Å². The maximum Gasteiger partial charge on any atom is 0.0406 e. The fourth-order valence-corrected chi connectivity index (χ4v) is 3.43. The molecule has 84 valence electrons. The normalized spacial score (nSPS) is 31.5. The van der Waals surface area contributed by atoms with Crippen molar-refractivity contribution in [3.05, 3.63) is 40.9 Å². The van der Waals surface area contributed by atoms with Crippen LogP contribution in [0.25, 0.3) is 5.57 Å². The van der Waals surface area contributed by atoms with Gasteiger partial charge < -0.3 is 0 Å². The molecule has 3 atom stereocenters. The highest BCUT2D eigenvalue weighted by atomic mass is 35.5. The largest absolute Gasteiger partial charge is 0.0843 e. The van der Waals surface area contributed by atoms with Gasteiger partial charge in [-0.05, 0) is 53.4 Å². The zero-order valence-electron chi connectivity index (χ0n) is 9.78. The molecule has 0 aromatic heterocycles. The number of rotatable bonds is 2. The van der Waals surface area contributed by atoms with Gasteiger partial charge in [-0.2, -0.15) is 0 Å². The summed E-state index contributed by atoms with van der Waals surface area (Å²) >= 11 is 5.90. The maximum absolute atomic E-state index is 5.90. The molecule has 0 bridgehead atoms. The van der Waals surface area contributed by atoms with Crippen molar-refractivity contribution in [1.82, 2.24) is 0 Å². The van der Waals surface area contributed by atoms with E-state index in [1.165, 1.54) is 17.6 Å². The smallest absolute Gasteiger partial charge is 0.0406 e. The Labute approximate surface area is 102 Å². The molecule has 0 saturated heterocycles. The second-order valence-corrected chi connectivity index (χ2v) is 5.90. The first-order valence-electron chi connectivity index (χ1n) is 6.13. The highest BCUT2D eigenvalue weighted by molar-refractivity contribution is 6.30. The monoisotopic (exact) mass is 232 g/mol. The fourth-order valence-electron chi connectivity index (χ4n) is 3.31. The molecule has 1 fully saturated rings. The molecule has 1 saturated carbocycles. The third-order valence-electron chi connectivity index (χ3n) is 4.13. The van der Waals surface area contributed by atoms with Crippen LogP contribution in [0, 0.1) is 23.7 Å². The Morgan fingerprint density at radius 3 is 2.38 bits per heavy atom. The first-order valence-corrected chi connectivity index (χ1v) is 6.51. The van der Waals surface area contributed by atoms with E-state index in [2.05, 4.69) is 32.1 Å². The van der Waals surface area contributed by atoms with Crippen molar-refractivity contribution in [2.24, 2.45) is 23.7 Å². The van der Waals surface area contributed by atoms with Crippen LogP contribution in [-0.4, -0.2) is 0 Å². The average molecular weight is 233 g/mol. The van der Waals surface area contributed by atoms with Gasteiger partial charge in [0.05, 0.1) is 0 Å². The van der Waals surface area contributed by atoms with Crippen LogP contribution < -0.4 is 0 Å². The summed E-state index contributed by atoms with van der Waals surface area (Å²) < 4.78 is 0. The Bertz CT molecular complexity index is 427. The predicted octanol–water partition coefficient (Wildman–Crippen LogP) is 4.65. The molecule has 3 unspecified atom stereocenters. The molecule has 0 nitrogen and oxygen atoms in total. The molecule has 0 heterocycles. The van der Waals surface area contributed by atoms with Crippen LogP contribution in [0.1, 0.15) is 25.8 Å². The molecule has 0 radical (unpaired) electrons. The molecule has 0 N–H and O–H groups in total. The molecule has 2 aliphatic carbocycles. The Kier molecular flexibility index (Phi) is 2.36. The van der Waals surface area contributed by atoms with Crippen LogP contribution in [-0.2, 0) is 0 Å². The molecule has 0 amide bonds. The summed E-state index contributed by atoms with van der Waals surface area (Å²) in [5.41, 5.74) is 2.89. The zero-order chi connectivity index (χ0) is 11.3. The molecule has 1 aromatic carbocycles. The van der Waals surface area contributed by atoms with E-state index in [0.717, 1.165) is 28.7 Å². The minimum Gasteiger partial charge on any atom is -0.0843 e. The number of hydrogen-bond donors (Lipinski definition) is 0. The molecule has 0 aliphatic heterocycles. The summed E-state index contributed by atoms with van der Waals surface area (Å²) in [6, 6.07) is 8.26. The van der Waals surface area contributed by atoms with Crippen molar-refractivity contribution in [3.63, 3.8) is 0 Å². The van der Waals surface area contributed by atoms with Crippen LogP contribution in [0.5, 0.6) is 0 Å². The lowest BCUT2D eigenvalue weighted by Crippen LogP contribution is -1.96. The van der Waals surface area contributed by atoms with E-state index in [1.807, 2.05) is 12.1 Å². The van der Waals surface area contributed by atoms with Gasteiger partial charge in [0.25, 0.3) is 0 Å². The van der Waals surface area contributed by atoms with Crippen molar-refractivity contribution in [3.8, 4) is 0 Å². The van der Waals surface area contributed by atoms with Crippen LogP contribution in [0.2, 0.25) is 5.02 Å².